The zero-order valence-electron chi connectivity index (χ0n) is 13.2. The average Bonchev–Trinajstić information content (AvgIpc) is 2.94. The SMILES string of the molecule is COC(CO)[C@@H]1CC2c3cccc4[nH]cc(c34)C[C@H]2N(C)C1. The van der Waals surface area contributed by atoms with Crippen molar-refractivity contribution < 1.29 is 9.84 Å². The van der Waals surface area contributed by atoms with Gasteiger partial charge in [-0.3, -0.25) is 0 Å². The zero-order valence-corrected chi connectivity index (χ0v) is 13.2. The number of likely N-dealkylation sites (N-methyl/N-ethyl adjacent to an activating group) is 1. The van der Waals surface area contributed by atoms with Crippen LogP contribution in [0.15, 0.2) is 24.4 Å². The third kappa shape index (κ3) is 2.02. The normalized spacial score (nSPS) is 29.5. The predicted molar refractivity (Wildman–Crippen MR) is 87.2 cm³/mol. The highest BCUT2D eigenvalue weighted by Crippen LogP contribution is 2.44. The van der Waals surface area contributed by atoms with Gasteiger partial charge in [-0.2, -0.15) is 0 Å². The third-order valence-electron chi connectivity index (χ3n) is 5.77. The molecule has 1 aliphatic carbocycles. The summed E-state index contributed by atoms with van der Waals surface area (Å²) in [4.78, 5) is 5.89. The van der Waals surface area contributed by atoms with E-state index in [4.69, 9.17) is 4.74 Å². The number of rotatable bonds is 3. The first-order valence-corrected chi connectivity index (χ1v) is 8.15. The van der Waals surface area contributed by atoms with E-state index in [2.05, 4.69) is 41.3 Å². The number of hydrogen-bond acceptors (Lipinski definition) is 3. The molecule has 2 unspecified atom stereocenters. The Balaban J connectivity index is 1.75. The number of benzene rings is 1. The molecule has 2 N–H and O–H groups in total. The maximum absolute atomic E-state index is 9.59. The molecular weight excluding hydrogens is 276 g/mol. The summed E-state index contributed by atoms with van der Waals surface area (Å²) in [5.74, 6) is 0.914. The van der Waals surface area contributed by atoms with Gasteiger partial charge in [-0.05, 0) is 37.1 Å². The van der Waals surface area contributed by atoms with Gasteiger partial charge in [0.25, 0.3) is 0 Å². The number of likely N-dealkylation sites (tertiary alicyclic amines) is 1. The van der Waals surface area contributed by atoms with Crippen LogP contribution in [0.2, 0.25) is 0 Å². The van der Waals surface area contributed by atoms with Crippen LogP contribution in [0.4, 0.5) is 0 Å². The van der Waals surface area contributed by atoms with E-state index in [-0.39, 0.29) is 12.7 Å². The lowest BCUT2D eigenvalue weighted by atomic mass is 9.71. The molecule has 4 rings (SSSR count). The molecule has 1 fully saturated rings. The summed E-state index contributed by atoms with van der Waals surface area (Å²) in [5.41, 5.74) is 4.16. The monoisotopic (exact) mass is 300 g/mol. The van der Waals surface area contributed by atoms with Gasteiger partial charge in [0.15, 0.2) is 0 Å². The first-order chi connectivity index (χ1) is 10.7. The molecule has 4 atom stereocenters. The Kier molecular flexibility index (Phi) is 3.48. The molecule has 0 saturated carbocycles. The topological polar surface area (TPSA) is 48.5 Å². The summed E-state index contributed by atoms with van der Waals surface area (Å²) in [5, 5.41) is 11.0. The Morgan fingerprint density at radius 2 is 2.32 bits per heavy atom. The van der Waals surface area contributed by atoms with Gasteiger partial charge in [0, 0.05) is 48.6 Å². The summed E-state index contributed by atoms with van der Waals surface area (Å²) in [6, 6.07) is 7.16. The number of aromatic nitrogens is 1. The van der Waals surface area contributed by atoms with Crippen LogP contribution in [0, 0.1) is 5.92 Å². The smallest absolute Gasteiger partial charge is 0.0842 e. The molecule has 2 aromatic rings. The van der Waals surface area contributed by atoms with Crippen molar-refractivity contribution in [1.29, 1.82) is 0 Å². The van der Waals surface area contributed by atoms with Crippen molar-refractivity contribution in [2.24, 2.45) is 5.92 Å². The van der Waals surface area contributed by atoms with Gasteiger partial charge in [-0.1, -0.05) is 12.1 Å². The number of nitrogens with one attached hydrogen (secondary N) is 1. The minimum absolute atomic E-state index is 0.0600. The van der Waals surface area contributed by atoms with Crippen molar-refractivity contribution in [1.82, 2.24) is 9.88 Å². The number of aromatic amines is 1. The van der Waals surface area contributed by atoms with E-state index in [1.807, 2.05) is 0 Å². The molecule has 0 radical (unpaired) electrons. The van der Waals surface area contributed by atoms with Gasteiger partial charge in [0.05, 0.1) is 12.7 Å². The summed E-state index contributed by atoms with van der Waals surface area (Å²) < 4.78 is 5.51. The number of aliphatic hydroxyl groups is 1. The van der Waals surface area contributed by atoms with Crippen LogP contribution in [-0.4, -0.2) is 54.4 Å². The predicted octanol–water partition coefficient (Wildman–Crippen LogP) is 2.14. The highest BCUT2D eigenvalue weighted by Gasteiger charge is 2.41. The van der Waals surface area contributed by atoms with E-state index < -0.39 is 0 Å². The van der Waals surface area contributed by atoms with Gasteiger partial charge in [0.1, 0.15) is 0 Å². The Labute approximate surface area is 131 Å². The minimum atomic E-state index is -0.0600. The van der Waals surface area contributed by atoms with Crippen LogP contribution in [0.1, 0.15) is 23.5 Å². The lowest BCUT2D eigenvalue weighted by molar-refractivity contribution is -0.0301. The molecule has 1 aliphatic heterocycles. The van der Waals surface area contributed by atoms with Crippen molar-refractivity contribution in [3.8, 4) is 0 Å². The Morgan fingerprint density at radius 1 is 1.45 bits per heavy atom. The average molecular weight is 300 g/mol. The summed E-state index contributed by atoms with van der Waals surface area (Å²) in [6.45, 7) is 1.10. The van der Waals surface area contributed by atoms with Crippen LogP contribution in [0.25, 0.3) is 10.9 Å². The first-order valence-electron chi connectivity index (χ1n) is 8.15. The lowest BCUT2D eigenvalue weighted by Gasteiger charge is -2.47. The quantitative estimate of drug-likeness (QED) is 0.913. The molecule has 4 heteroatoms. The van der Waals surface area contributed by atoms with Gasteiger partial charge < -0.3 is 19.7 Å². The molecule has 2 aliphatic rings. The first kappa shape index (κ1) is 14.2. The molecule has 1 saturated heterocycles. The molecule has 0 amide bonds. The Bertz CT molecular complexity index is 677. The van der Waals surface area contributed by atoms with E-state index in [9.17, 15) is 5.11 Å². The van der Waals surface area contributed by atoms with Gasteiger partial charge in [-0.15, -0.1) is 0 Å². The second-order valence-corrected chi connectivity index (χ2v) is 6.85. The molecule has 4 nitrogen and oxygen atoms in total. The highest BCUT2D eigenvalue weighted by molar-refractivity contribution is 5.88. The molecule has 2 heterocycles. The van der Waals surface area contributed by atoms with Gasteiger partial charge >= 0.3 is 0 Å². The number of nitrogens with zero attached hydrogens (tertiary/aromatic N) is 1. The number of piperidine rings is 1. The van der Waals surface area contributed by atoms with E-state index in [1.54, 1.807) is 7.11 Å². The molecule has 0 spiro atoms. The summed E-state index contributed by atoms with van der Waals surface area (Å²) in [6.07, 6.45) is 4.32. The molecule has 1 aromatic heterocycles. The van der Waals surface area contributed by atoms with E-state index in [0.29, 0.717) is 17.9 Å². The molecule has 0 bridgehead atoms. The number of H-pyrrole nitrogens is 1. The number of ether oxygens (including phenoxy) is 1. The van der Waals surface area contributed by atoms with Gasteiger partial charge in [0.2, 0.25) is 0 Å². The fraction of sp³-hybridized carbons (Fsp3) is 0.556. The molecular formula is C18H24N2O2. The Hall–Kier alpha value is -1.36. The van der Waals surface area contributed by atoms with E-state index in [0.717, 1.165) is 19.4 Å². The lowest BCUT2D eigenvalue weighted by Crippen LogP contribution is -2.51. The second kappa shape index (κ2) is 5.37. The van der Waals surface area contributed by atoms with E-state index >= 15 is 0 Å². The molecule has 1 aromatic carbocycles. The Morgan fingerprint density at radius 3 is 3.09 bits per heavy atom. The van der Waals surface area contributed by atoms with E-state index in [1.165, 1.54) is 22.0 Å². The number of methoxy groups -OCH3 is 1. The van der Waals surface area contributed by atoms with Crippen LogP contribution in [-0.2, 0) is 11.2 Å². The fourth-order valence-electron chi connectivity index (χ4n) is 4.67. The third-order valence-corrected chi connectivity index (χ3v) is 5.77. The maximum atomic E-state index is 9.59. The number of hydrogen-bond donors (Lipinski definition) is 2. The van der Waals surface area contributed by atoms with Crippen molar-refractivity contribution in [2.45, 2.75) is 30.9 Å². The zero-order chi connectivity index (χ0) is 15.3. The van der Waals surface area contributed by atoms with Crippen LogP contribution in [0.5, 0.6) is 0 Å². The minimum Gasteiger partial charge on any atom is -0.394 e. The van der Waals surface area contributed by atoms with Crippen LogP contribution >= 0.6 is 0 Å². The van der Waals surface area contributed by atoms with Gasteiger partial charge in [-0.25, -0.2) is 0 Å². The maximum Gasteiger partial charge on any atom is 0.0842 e. The second-order valence-electron chi connectivity index (χ2n) is 6.85. The van der Waals surface area contributed by atoms with Crippen molar-refractivity contribution in [3.05, 3.63) is 35.5 Å². The summed E-state index contributed by atoms with van der Waals surface area (Å²) in [7, 11) is 3.92. The van der Waals surface area contributed by atoms with Crippen molar-refractivity contribution in [2.75, 3.05) is 27.3 Å². The summed E-state index contributed by atoms with van der Waals surface area (Å²) >= 11 is 0. The van der Waals surface area contributed by atoms with Crippen molar-refractivity contribution >= 4 is 10.9 Å². The van der Waals surface area contributed by atoms with Crippen molar-refractivity contribution in [3.63, 3.8) is 0 Å². The number of aliphatic hydroxyl groups excluding tert-OH is 1. The molecule has 22 heavy (non-hydrogen) atoms. The fourth-order valence-corrected chi connectivity index (χ4v) is 4.67. The standard InChI is InChI=1S/C18H24N2O2/c1-20-9-12(17(10-21)22-2)6-14-13-4-3-5-15-18(13)11(8-19-15)7-16(14)20/h3-5,8,12,14,16-17,19,21H,6-7,9-10H2,1-2H3/t12-,14?,16-,17?/m1/s1. The highest BCUT2D eigenvalue weighted by atomic mass is 16.5. The van der Waals surface area contributed by atoms with Crippen LogP contribution in [0.3, 0.4) is 0 Å². The largest absolute Gasteiger partial charge is 0.394 e. The number of fused-ring (bicyclic) bond motifs is 2. The van der Waals surface area contributed by atoms with Crippen LogP contribution < -0.4 is 0 Å². The molecule has 118 valence electrons.